The van der Waals surface area contributed by atoms with Crippen LogP contribution in [0.5, 0.6) is 11.5 Å². The fourth-order valence-electron chi connectivity index (χ4n) is 2.70. The average Bonchev–Trinajstić information content (AvgIpc) is 2.68. The number of hydrogen-bond acceptors (Lipinski definition) is 4. The average molecular weight is 354 g/mol. The molecule has 0 aliphatic carbocycles. The number of nitrogens with zero attached hydrogens (tertiary/aromatic N) is 2. The first-order chi connectivity index (χ1) is 13.1. The highest BCUT2D eigenvalue weighted by Crippen LogP contribution is 2.35. The van der Waals surface area contributed by atoms with Crippen molar-refractivity contribution < 1.29 is 9.47 Å². The van der Waals surface area contributed by atoms with Crippen LogP contribution in [0.4, 0.5) is 0 Å². The van der Waals surface area contributed by atoms with Gasteiger partial charge in [-0.2, -0.15) is 10.5 Å². The van der Waals surface area contributed by atoms with Crippen molar-refractivity contribution in [2.75, 3.05) is 0 Å². The van der Waals surface area contributed by atoms with E-state index in [0.29, 0.717) is 17.1 Å². The summed E-state index contributed by atoms with van der Waals surface area (Å²) in [5.74, 6) is 2.01. The number of nitriles is 2. The zero-order chi connectivity index (χ0) is 19.2. The number of hydrogen-bond donors (Lipinski definition) is 0. The molecule has 27 heavy (non-hydrogen) atoms. The Morgan fingerprint density at radius 3 is 2.37 bits per heavy atom. The van der Waals surface area contributed by atoms with E-state index in [1.165, 1.54) is 0 Å². The Balaban J connectivity index is 1.89. The summed E-state index contributed by atoms with van der Waals surface area (Å²) >= 11 is 0. The lowest BCUT2D eigenvalue weighted by Crippen LogP contribution is -2.05. The van der Waals surface area contributed by atoms with Crippen molar-refractivity contribution in [1.29, 1.82) is 10.5 Å². The van der Waals surface area contributed by atoms with E-state index in [-0.39, 0.29) is 11.7 Å². The number of benzene rings is 2. The minimum Gasteiger partial charge on any atom is -0.491 e. The highest BCUT2D eigenvalue weighted by molar-refractivity contribution is 5.87. The number of rotatable bonds is 4. The van der Waals surface area contributed by atoms with Crippen molar-refractivity contribution in [2.24, 2.45) is 0 Å². The number of ether oxygens (including phenoxy) is 2. The van der Waals surface area contributed by atoms with Crippen molar-refractivity contribution in [2.45, 2.75) is 20.0 Å². The first-order valence-electron chi connectivity index (χ1n) is 8.59. The van der Waals surface area contributed by atoms with Gasteiger partial charge in [-0.1, -0.05) is 36.4 Å². The molecule has 2 aromatic rings. The molecule has 0 saturated carbocycles. The van der Waals surface area contributed by atoms with Gasteiger partial charge >= 0.3 is 0 Å². The van der Waals surface area contributed by atoms with Crippen LogP contribution < -0.4 is 9.47 Å². The summed E-state index contributed by atoms with van der Waals surface area (Å²) in [4.78, 5) is 0. The number of fused-ring (bicyclic) bond motifs is 1. The van der Waals surface area contributed by atoms with Crippen molar-refractivity contribution in [3.63, 3.8) is 0 Å². The van der Waals surface area contributed by atoms with Crippen LogP contribution in [0.25, 0.3) is 11.6 Å². The molecule has 0 aromatic heterocycles. The second kappa shape index (κ2) is 8.08. The molecule has 1 aliphatic rings. The second-order valence-electron chi connectivity index (χ2n) is 6.23. The van der Waals surface area contributed by atoms with Gasteiger partial charge in [0.15, 0.2) is 0 Å². The highest BCUT2D eigenvalue weighted by Gasteiger charge is 2.18. The molecule has 3 rings (SSSR count). The molecule has 0 N–H and O–H groups in total. The number of allylic oxidation sites excluding steroid dienone is 4. The minimum absolute atomic E-state index is 0.0619. The SMILES string of the molecule is CC(C)Oc1ccc(/C=C/C2=CC(=C(C#N)C#N)c3ccccc3O2)cc1. The summed E-state index contributed by atoms with van der Waals surface area (Å²) in [6.45, 7) is 3.97. The summed E-state index contributed by atoms with van der Waals surface area (Å²) in [5, 5.41) is 18.5. The summed E-state index contributed by atoms with van der Waals surface area (Å²) in [6.07, 6.45) is 5.58. The minimum atomic E-state index is 0.0619. The lowest BCUT2D eigenvalue weighted by atomic mass is 9.97. The van der Waals surface area contributed by atoms with E-state index in [1.54, 1.807) is 6.08 Å². The molecule has 0 spiro atoms. The fourth-order valence-corrected chi connectivity index (χ4v) is 2.70. The quantitative estimate of drug-likeness (QED) is 0.702. The zero-order valence-corrected chi connectivity index (χ0v) is 15.1. The number of para-hydroxylation sites is 1. The van der Waals surface area contributed by atoms with Gasteiger partial charge in [0.2, 0.25) is 0 Å². The van der Waals surface area contributed by atoms with Crippen molar-refractivity contribution in [3.05, 3.63) is 83.1 Å². The maximum atomic E-state index is 9.26. The molecule has 0 unspecified atom stereocenters. The van der Waals surface area contributed by atoms with E-state index in [0.717, 1.165) is 16.9 Å². The molecule has 0 radical (unpaired) electrons. The Morgan fingerprint density at radius 2 is 1.70 bits per heavy atom. The lowest BCUT2D eigenvalue weighted by Gasteiger charge is -2.18. The molecule has 2 aromatic carbocycles. The second-order valence-corrected chi connectivity index (χ2v) is 6.23. The Hall–Kier alpha value is -3.76. The van der Waals surface area contributed by atoms with Crippen molar-refractivity contribution in [1.82, 2.24) is 0 Å². The molecule has 0 fully saturated rings. The van der Waals surface area contributed by atoms with Gasteiger partial charge < -0.3 is 9.47 Å². The van der Waals surface area contributed by atoms with Gasteiger partial charge in [0.05, 0.1) is 6.10 Å². The lowest BCUT2D eigenvalue weighted by molar-refractivity contribution is 0.242. The monoisotopic (exact) mass is 354 g/mol. The van der Waals surface area contributed by atoms with Gasteiger partial charge in [0.25, 0.3) is 0 Å². The van der Waals surface area contributed by atoms with Crippen LogP contribution in [0.3, 0.4) is 0 Å². The summed E-state index contributed by atoms with van der Waals surface area (Å²) in [6, 6.07) is 19.0. The normalized spacial score (nSPS) is 12.6. The van der Waals surface area contributed by atoms with Crippen LogP contribution in [0.2, 0.25) is 0 Å². The maximum absolute atomic E-state index is 9.26. The van der Waals surface area contributed by atoms with Crippen LogP contribution in [0.15, 0.2) is 72.0 Å². The van der Waals surface area contributed by atoms with E-state index in [2.05, 4.69) is 0 Å². The Labute approximate surface area is 158 Å². The molecular weight excluding hydrogens is 336 g/mol. The van der Waals surface area contributed by atoms with Crippen LogP contribution >= 0.6 is 0 Å². The molecular formula is C23H18N2O2. The Kier molecular flexibility index (Phi) is 5.40. The smallest absolute Gasteiger partial charge is 0.137 e. The molecule has 1 aliphatic heterocycles. The van der Waals surface area contributed by atoms with Crippen LogP contribution in [-0.4, -0.2) is 6.10 Å². The summed E-state index contributed by atoms with van der Waals surface area (Å²) in [7, 11) is 0. The zero-order valence-electron chi connectivity index (χ0n) is 15.1. The molecule has 132 valence electrons. The standard InChI is InChI=1S/C23H18N2O2/c1-16(2)26-19-10-7-17(8-11-19)9-12-20-13-22(18(14-24)15-25)21-5-3-4-6-23(21)27-20/h3-13,16H,1-2H3/b12-9+. The molecule has 0 atom stereocenters. The van der Waals surface area contributed by atoms with E-state index in [4.69, 9.17) is 9.47 Å². The van der Waals surface area contributed by atoms with Crippen molar-refractivity contribution in [3.8, 4) is 23.6 Å². The predicted octanol–water partition coefficient (Wildman–Crippen LogP) is 5.26. The van der Waals surface area contributed by atoms with Crippen molar-refractivity contribution >= 4 is 11.6 Å². The maximum Gasteiger partial charge on any atom is 0.137 e. The third kappa shape index (κ3) is 4.26. The third-order valence-electron chi connectivity index (χ3n) is 3.88. The summed E-state index contributed by atoms with van der Waals surface area (Å²) in [5.41, 5.74) is 2.36. The Morgan fingerprint density at radius 1 is 1.00 bits per heavy atom. The van der Waals surface area contributed by atoms with Crippen LogP contribution in [0, 0.1) is 22.7 Å². The van der Waals surface area contributed by atoms with E-state index in [9.17, 15) is 10.5 Å². The predicted molar refractivity (Wildman–Crippen MR) is 105 cm³/mol. The van der Waals surface area contributed by atoms with E-state index in [1.807, 2.05) is 86.7 Å². The first kappa shape index (κ1) is 18.0. The first-order valence-corrected chi connectivity index (χ1v) is 8.59. The molecule has 0 saturated heterocycles. The fraction of sp³-hybridized carbons (Fsp3) is 0.130. The van der Waals surface area contributed by atoms with Gasteiger partial charge in [0, 0.05) is 11.1 Å². The van der Waals surface area contributed by atoms with E-state index >= 15 is 0 Å². The topological polar surface area (TPSA) is 66.0 Å². The molecule has 4 heteroatoms. The largest absolute Gasteiger partial charge is 0.491 e. The molecule has 0 amide bonds. The molecule has 0 bridgehead atoms. The van der Waals surface area contributed by atoms with Gasteiger partial charge in [-0.3, -0.25) is 0 Å². The van der Waals surface area contributed by atoms with Crippen LogP contribution in [-0.2, 0) is 0 Å². The third-order valence-corrected chi connectivity index (χ3v) is 3.88. The highest BCUT2D eigenvalue weighted by atomic mass is 16.5. The van der Waals surface area contributed by atoms with Gasteiger partial charge in [0.1, 0.15) is 35.0 Å². The molecule has 4 nitrogen and oxygen atoms in total. The van der Waals surface area contributed by atoms with Crippen LogP contribution in [0.1, 0.15) is 25.0 Å². The van der Waals surface area contributed by atoms with Gasteiger partial charge in [-0.15, -0.1) is 0 Å². The Bertz CT molecular complexity index is 998. The van der Waals surface area contributed by atoms with E-state index < -0.39 is 0 Å². The van der Waals surface area contributed by atoms with Gasteiger partial charge in [-0.25, -0.2) is 0 Å². The summed E-state index contributed by atoms with van der Waals surface area (Å²) < 4.78 is 11.5. The molecule has 1 heterocycles. The van der Waals surface area contributed by atoms with Gasteiger partial charge in [-0.05, 0) is 49.8 Å².